The molecule has 0 fully saturated rings. The van der Waals surface area contributed by atoms with Crippen LogP contribution in [0.25, 0.3) is 22.8 Å². The van der Waals surface area contributed by atoms with Crippen molar-refractivity contribution in [3.8, 4) is 22.8 Å². The van der Waals surface area contributed by atoms with E-state index in [1.165, 1.54) is 17.6 Å². The first-order valence-electron chi connectivity index (χ1n) is 8.39. The molecule has 4 rings (SSSR count). The molecular formula is C20H17N3O3S. The monoisotopic (exact) mass is 379 g/mol. The van der Waals surface area contributed by atoms with Crippen LogP contribution < -0.4 is 5.32 Å². The van der Waals surface area contributed by atoms with Crippen molar-refractivity contribution in [1.29, 1.82) is 0 Å². The van der Waals surface area contributed by atoms with Gasteiger partial charge in [-0.1, -0.05) is 35.0 Å². The second-order valence-electron chi connectivity index (χ2n) is 6.21. The molecule has 3 heterocycles. The summed E-state index contributed by atoms with van der Waals surface area (Å²) in [6.07, 6.45) is 1.46. The number of benzene rings is 1. The van der Waals surface area contributed by atoms with E-state index in [-0.39, 0.29) is 11.7 Å². The second-order valence-corrected chi connectivity index (χ2v) is 7.43. The normalized spacial score (nSPS) is 10.9. The van der Waals surface area contributed by atoms with Crippen LogP contribution in [0.2, 0.25) is 0 Å². The summed E-state index contributed by atoms with van der Waals surface area (Å²) in [6.45, 7) is 5.99. The molecule has 0 bridgehead atoms. The Labute approximate surface area is 159 Å². The molecule has 7 heteroatoms. The molecule has 3 aromatic heterocycles. The van der Waals surface area contributed by atoms with Crippen LogP contribution in [-0.2, 0) is 0 Å². The third-order valence-electron chi connectivity index (χ3n) is 4.31. The summed E-state index contributed by atoms with van der Waals surface area (Å²) in [7, 11) is 0. The summed E-state index contributed by atoms with van der Waals surface area (Å²) in [5.41, 5.74) is 3.77. The molecule has 1 N–H and O–H groups in total. The number of thiophene rings is 1. The highest BCUT2D eigenvalue weighted by Gasteiger charge is 2.23. The van der Waals surface area contributed by atoms with E-state index < -0.39 is 0 Å². The van der Waals surface area contributed by atoms with Gasteiger partial charge >= 0.3 is 0 Å². The molecule has 0 aliphatic rings. The summed E-state index contributed by atoms with van der Waals surface area (Å²) in [5, 5.41) is 7.65. The van der Waals surface area contributed by atoms with Gasteiger partial charge in [-0.3, -0.25) is 4.79 Å². The number of hydrogen-bond donors (Lipinski definition) is 1. The van der Waals surface area contributed by atoms with Crippen LogP contribution in [0, 0.1) is 20.8 Å². The van der Waals surface area contributed by atoms with Crippen LogP contribution in [0.3, 0.4) is 0 Å². The van der Waals surface area contributed by atoms with Gasteiger partial charge < -0.3 is 14.3 Å². The van der Waals surface area contributed by atoms with E-state index in [2.05, 4.69) is 15.5 Å². The fourth-order valence-corrected chi connectivity index (χ4v) is 3.74. The fourth-order valence-electron chi connectivity index (χ4n) is 2.69. The molecule has 136 valence electrons. The first-order chi connectivity index (χ1) is 13.0. The van der Waals surface area contributed by atoms with Crippen LogP contribution in [-0.4, -0.2) is 16.0 Å². The number of carbonyl (C=O) groups excluding carboxylic acids is 1. The molecule has 0 spiro atoms. The lowest BCUT2D eigenvalue weighted by Crippen LogP contribution is -2.10. The molecule has 0 saturated carbocycles. The Morgan fingerprint density at radius 3 is 2.59 bits per heavy atom. The van der Waals surface area contributed by atoms with Crippen molar-refractivity contribution in [3.05, 3.63) is 64.4 Å². The van der Waals surface area contributed by atoms with Crippen LogP contribution in [0.4, 0.5) is 5.00 Å². The zero-order valence-electron chi connectivity index (χ0n) is 15.1. The molecule has 0 unspecified atom stereocenters. The number of rotatable bonds is 4. The van der Waals surface area contributed by atoms with Gasteiger partial charge in [0.25, 0.3) is 11.8 Å². The smallest absolute Gasteiger partial charge is 0.291 e. The Bertz CT molecular complexity index is 1090. The summed E-state index contributed by atoms with van der Waals surface area (Å²) >= 11 is 1.47. The number of hydrogen-bond acceptors (Lipinski definition) is 6. The van der Waals surface area contributed by atoms with E-state index in [0.717, 1.165) is 27.1 Å². The summed E-state index contributed by atoms with van der Waals surface area (Å²) in [5.74, 6) is 0.815. The number of amides is 1. The highest BCUT2D eigenvalue weighted by atomic mass is 32.1. The lowest BCUT2D eigenvalue weighted by molar-refractivity contribution is 0.0997. The van der Waals surface area contributed by atoms with E-state index >= 15 is 0 Å². The molecule has 0 atom stereocenters. The first kappa shape index (κ1) is 17.2. The lowest BCUT2D eigenvalue weighted by atomic mass is 10.1. The quantitative estimate of drug-likeness (QED) is 0.525. The van der Waals surface area contributed by atoms with Crippen LogP contribution in [0.15, 0.2) is 51.6 Å². The second kappa shape index (κ2) is 6.85. The van der Waals surface area contributed by atoms with Crippen LogP contribution in [0.5, 0.6) is 0 Å². The van der Waals surface area contributed by atoms with Gasteiger partial charge in [-0.15, -0.1) is 11.3 Å². The molecule has 1 aromatic carbocycles. The van der Waals surface area contributed by atoms with Gasteiger partial charge in [-0.05, 0) is 38.5 Å². The number of anilines is 1. The highest BCUT2D eigenvalue weighted by molar-refractivity contribution is 7.17. The molecule has 4 aromatic rings. The zero-order chi connectivity index (χ0) is 19.0. The van der Waals surface area contributed by atoms with Crippen molar-refractivity contribution >= 4 is 22.2 Å². The minimum Gasteiger partial charge on any atom is -0.459 e. The van der Waals surface area contributed by atoms with Crippen molar-refractivity contribution in [2.24, 2.45) is 0 Å². The first-order valence-corrected chi connectivity index (χ1v) is 9.20. The average Bonchev–Trinajstić information content (AvgIpc) is 3.38. The van der Waals surface area contributed by atoms with E-state index in [4.69, 9.17) is 8.94 Å². The molecule has 6 nitrogen and oxygen atoms in total. The van der Waals surface area contributed by atoms with Crippen molar-refractivity contribution in [1.82, 2.24) is 10.1 Å². The Morgan fingerprint density at radius 2 is 1.89 bits per heavy atom. The predicted octanol–water partition coefficient (Wildman–Crippen LogP) is 5.24. The fraction of sp³-hybridized carbons (Fsp3) is 0.150. The molecular weight excluding hydrogens is 362 g/mol. The van der Waals surface area contributed by atoms with Crippen LogP contribution in [0.1, 0.15) is 26.6 Å². The number of furan rings is 1. The Hall–Kier alpha value is -3.19. The SMILES string of the molecule is Cc1ccc(-c2noc(-c3c(NC(=O)c4ccco4)sc(C)c3C)n2)cc1. The Morgan fingerprint density at radius 1 is 1.11 bits per heavy atom. The van der Waals surface area contributed by atoms with Crippen molar-refractivity contribution in [2.75, 3.05) is 5.32 Å². The molecule has 27 heavy (non-hydrogen) atoms. The summed E-state index contributed by atoms with van der Waals surface area (Å²) in [6, 6.07) is 11.2. The molecule has 0 saturated heterocycles. The van der Waals surface area contributed by atoms with E-state index in [0.29, 0.717) is 16.7 Å². The number of aromatic nitrogens is 2. The lowest BCUT2D eigenvalue weighted by Gasteiger charge is -2.02. The third kappa shape index (κ3) is 3.29. The number of nitrogens with one attached hydrogen (secondary N) is 1. The van der Waals surface area contributed by atoms with Gasteiger partial charge in [0.05, 0.1) is 11.8 Å². The van der Waals surface area contributed by atoms with Crippen molar-refractivity contribution < 1.29 is 13.7 Å². The van der Waals surface area contributed by atoms with E-state index in [1.54, 1.807) is 12.1 Å². The molecule has 1 amide bonds. The van der Waals surface area contributed by atoms with Gasteiger partial charge in [0, 0.05) is 10.4 Å². The predicted molar refractivity (Wildman–Crippen MR) is 104 cm³/mol. The minimum absolute atomic E-state index is 0.246. The Kier molecular flexibility index (Phi) is 4.37. The van der Waals surface area contributed by atoms with Gasteiger partial charge in [0.2, 0.25) is 5.82 Å². The molecule has 0 radical (unpaired) electrons. The highest BCUT2D eigenvalue weighted by Crippen LogP contribution is 2.40. The van der Waals surface area contributed by atoms with Gasteiger partial charge in [0.15, 0.2) is 5.76 Å². The topological polar surface area (TPSA) is 81.2 Å². The summed E-state index contributed by atoms with van der Waals surface area (Å²) in [4.78, 5) is 18.0. The largest absolute Gasteiger partial charge is 0.459 e. The number of carbonyl (C=O) groups is 1. The average molecular weight is 379 g/mol. The van der Waals surface area contributed by atoms with Crippen molar-refractivity contribution in [2.45, 2.75) is 20.8 Å². The minimum atomic E-state index is -0.319. The standard InChI is InChI=1S/C20H17N3O3S/c1-11-6-8-14(9-7-11)17-21-19(26-23-17)16-12(2)13(3)27-20(16)22-18(24)15-5-4-10-25-15/h4-10H,1-3H3,(H,22,24). The van der Waals surface area contributed by atoms with Gasteiger partial charge in [-0.2, -0.15) is 4.98 Å². The number of nitrogens with zero attached hydrogens (tertiary/aromatic N) is 2. The number of aryl methyl sites for hydroxylation is 2. The molecule has 0 aliphatic heterocycles. The van der Waals surface area contributed by atoms with E-state index in [9.17, 15) is 4.79 Å². The maximum Gasteiger partial charge on any atom is 0.291 e. The Balaban J connectivity index is 1.69. The van der Waals surface area contributed by atoms with Crippen molar-refractivity contribution in [3.63, 3.8) is 0 Å². The zero-order valence-corrected chi connectivity index (χ0v) is 15.9. The maximum atomic E-state index is 12.4. The van der Waals surface area contributed by atoms with Crippen LogP contribution >= 0.6 is 11.3 Å². The van der Waals surface area contributed by atoms with E-state index in [1.807, 2.05) is 45.0 Å². The summed E-state index contributed by atoms with van der Waals surface area (Å²) < 4.78 is 10.7. The van der Waals surface area contributed by atoms with Gasteiger partial charge in [-0.25, -0.2) is 0 Å². The third-order valence-corrected chi connectivity index (χ3v) is 5.43. The molecule has 0 aliphatic carbocycles. The van der Waals surface area contributed by atoms with Gasteiger partial charge in [0.1, 0.15) is 5.00 Å². The maximum absolute atomic E-state index is 12.4.